The highest BCUT2D eigenvalue weighted by Gasteiger charge is 2.79. The quantitative estimate of drug-likeness (QED) is 0.0685. The summed E-state index contributed by atoms with van der Waals surface area (Å²) in [5.41, 5.74) is -7.79. The molecule has 0 aromatic heterocycles. The molecule has 2 aliphatic heterocycles. The Hall–Kier alpha value is -4.66. The zero-order valence-electron chi connectivity index (χ0n) is 38.6. The van der Waals surface area contributed by atoms with Crippen LogP contribution in [0.15, 0.2) is 60.7 Å². The second kappa shape index (κ2) is 19.4. The van der Waals surface area contributed by atoms with Crippen molar-refractivity contribution in [2.75, 3.05) is 13.2 Å². The van der Waals surface area contributed by atoms with E-state index < -0.39 is 149 Å². The first-order valence-electron chi connectivity index (χ1n) is 23.1. The van der Waals surface area contributed by atoms with Crippen LogP contribution in [0.25, 0.3) is 0 Å². The number of hydrogen-bond donors (Lipinski definition) is 6. The fourth-order valence-corrected chi connectivity index (χ4v) is 11.5. The fourth-order valence-electron chi connectivity index (χ4n) is 11.5. The number of fused-ring (bicyclic) bond motifs is 5. The predicted molar refractivity (Wildman–Crippen MR) is 232 cm³/mol. The predicted octanol–water partition coefficient (Wildman–Crippen LogP) is 2.04. The van der Waals surface area contributed by atoms with Gasteiger partial charge in [0.2, 0.25) is 17.5 Å². The fraction of sp³-hybridized carbons (Fsp3) is 0.633. The molecule has 4 unspecified atom stereocenters. The van der Waals surface area contributed by atoms with Crippen LogP contribution in [0.3, 0.4) is 0 Å². The molecule has 16 atom stereocenters. The standard InChI is InChI=1S/C49H63NO17/c1-7-8-11-20-33(53)50-35(27-16-12-9-13-17-27)38(56)44(60)64-30-22-49(61)42(66-43(59)28-18-14-10-15-19-28)40-47(6,41(58)37(55)34(25(30)2)46(49,4)5)31(21-32-48(40,24-63-32)67-26(3)51)65-45-39(57)36(54)29(52)23-62-45/h9-10,12-19,25,29-32,34-36,38-40,42,45,52,54,56-57,61H,7-8,11,20-24H2,1-6H3,(H,50,53)/t25?,29-,30+,31+,32?,34?,35+,36+,38-,39-,40?,42+,45+,47-,48+,49-/m1/s1. The second-order valence-electron chi connectivity index (χ2n) is 19.6. The maximum Gasteiger partial charge on any atom is 0.338 e. The van der Waals surface area contributed by atoms with Gasteiger partial charge in [-0.3, -0.25) is 19.2 Å². The number of rotatable bonds is 14. The molecule has 67 heavy (non-hydrogen) atoms. The molecule has 0 radical (unpaired) electrons. The number of carbonyl (C=O) groups is 6. The molecule has 3 saturated carbocycles. The van der Waals surface area contributed by atoms with Crippen LogP contribution in [-0.4, -0.2) is 140 Å². The van der Waals surface area contributed by atoms with Gasteiger partial charge in [-0.2, -0.15) is 0 Å². The maximum atomic E-state index is 15.6. The van der Waals surface area contributed by atoms with Crippen LogP contribution in [0.5, 0.6) is 0 Å². The van der Waals surface area contributed by atoms with Crippen molar-refractivity contribution in [3.8, 4) is 0 Å². The number of ether oxygens (including phenoxy) is 6. The summed E-state index contributed by atoms with van der Waals surface area (Å²) < 4.78 is 36.7. The number of aliphatic hydroxyl groups is 5. The Labute approximate surface area is 388 Å². The van der Waals surface area contributed by atoms with Crippen molar-refractivity contribution in [1.29, 1.82) is 0 Å². The van der Waals surface area contributed by atoms with Gasteiger partial charge in [0.15, 0.2) is 18.0 Å². The molecule has 2 saturated heterocycles. The number of carbonyl (C=O) groups excluding carboxylic acids is 6. The Balaban J connectivity index is 1.35. The van der Waals surface area contributed by atoms with Crippen molar-refractivity contribution in [2.24, 2.45) is 28.6 Å². The van der Waals surface area contributed by atoms with Crippen LogP contribution in [0.4, 0.5) is 0 Å². The van der Waals surface area contributed by atoms with E-state index in [1.807, 2.05) is 6.92 Å². The summed E-state index contributed by atoms with van der Waals surface area (Å²) in [6.45, 7) is 8.23. The minimum Gasteiger partial charge on any atom is -0.460 e. The lowest BCUT2D eigenvalue weighted by atomic mass is 9.42. The van der Waals surface area contributed by atoms with E-state index >= 15 is 9.59 Å². The van der Waals surface area contributed by atoms with E-state index in [2.05, 4.69) is 5.32 Å². The number of esters is 3. The molecular formula is C49H63NO17. The number of ketones is 2. The topological polar surface area (TPSA) is 271 Å². The Morgan fingerprint density at radius 3 is 2.18 bits per heavy atom. The summed E-state index contributed by atoms with van der Waals surface area (Å²) in [5, 5.41) is 60.2. The highest BCUT2D eigenvalue weighted by atomic mass is 16.7. The lowest BCUT2D eigenvalue weighted by Gasteiger charge is -2.68. The van der Waals surface area contributed by atoms with Crippen molar-refractivity contribution >= 4 is 35.4 Å². The van der Waals surface area contributed by atoms with Gasteiger partial charge in [-0.15, -0.1) is 0 Å². The van der Waals surface area contributed by atoms with E-state index in [1.54, 1.807) is 55.5 Å². The van der Waals surface area contributed by atoms with Gasteiger partial charge in [-0.1, -0.05) is 89.1 Å². The van der Waals surface area contributed by atoms with Crippen molar-refractivity contribution in [2.45, 2.75) is 152 Å². The number of aliphatic hydroxyl groups excluding tert-OH is 4. The average Bonchev–Trinajstić information content (AvgIpc) is 3.29. The second-order valence-corrected chi connectivity index (χ2v) is 19.6. The molecule has 7 rings (SSSR count). The van der Waals surface area contributed by atoms with Gasteiger partial charge in [-0.05, 0) is 31.0 Å². The lowest BCUT2D eigenvalue weighted by Crippen LogP contribution is -2.83. The maximum absolute atomic E-state index is 15.6. The summed E-state index contributed by atoms with van der Waals surface area (Å²) in [5.74, 6) is -9.79. The first kappa shape index (κ1) is 50.2. The van der Waals surface area contributed by atoms with Gasteiger partial charge in [0, 0.05) is 43.4 Å². The number of unbranched alkanes of at least 4 members (excludes halogenated alkanes) is 2. The van der Waals surface area contributed by atoms with Crippen molar-refractivity contribution in [1.82, 2.24) is 5.32 Å². The van der Waals surface area contributed by atoms with Crippen LogP contribution in [0.1, 0.15) is 102 Å². The summed E-state index contributed by atoms with van der Waals surface area (Å²) in [6.07, 6.45) is -13.2. The van der Waals surface area contributed by atoms with Crippen LogP contribution in [0, 0.1) is 28.6 Å². The van der Waals surface area contributed by atoms with Crippen LogP contribution < -0.4 is 5.32 Å². The number of benzene rings is 2. The number of nitrogens with one attached hydrogen (secondary N) is 1. The van der Waals surface area contributed by atoms with Gasteiger partial charge < -0.3 is 59.3 Å². The average molecular weight is 938 g/mol. The molecule has 3 aliphatic carbocycles. The number of amides is 1. The minimum atomic E-state index is -2.45. The molecule has 2 heterocycles. The van der Waals surface area contributed by atoms with E-state index in [0.717, 1.165) is 19.8 Å². The van der Waals surface area contributed by atoms with Crippen molar-refractivity contribution < 1.29 is 82.7 Å². The van der Waals surface area contributed by atoms with Gasteiger partial charge in [0.05, 0.1) is 42.3 Å². The van der Waals surface area contributed by atoms with E-state index in [9.17, 15) is 44.7 Å². The van der Waals surface area contributed by atoms with Gasteiger partial charge in [-0.25, -0.2) is 9.59 Å². The van der Waals surface area contributed by atoms with E-state index in [4.69, 9.17) is 28.4 Å². The summed E-state index contributed by atoms with van der Waals surface area (Å²) in [6, 6.07) is 14.8. The molecule has 2 aromatic carbocycles. The van der Waals surface area contributed by atoms with Crippen molar-refractivity contribution in [3.63, 3.8) is 0 Å². The molecule has 5 aliphatic rings. The molecule has 18 heteroatoms. The normalized spacial score (nSPS) is 37.4. The summed E-state index contributed by atoms with van der Waals surface area (Å²) in [7, 11) is 0. The highest BCUT2D eigenvalue weighted by Crippen LogP contribution is 2.65. The Morgan fingerprint density at radius 1 is 0.910 bits per heavy atom. The van der Waals surface area contributed by atoms with Gasteiger partial charge >= 0.3 is 17.9 Å². The van der Waals surface area contributed by atoms with Gasteiger partial charge in [0.1, 0.15) is 42.2 Å². The third-order valence-electron chi connectivity index (χ3n) is 15.2. The Kier molecular flexibility index (Phi) is 14.5. The molecule has 1 amide bonds. The van der Waals surface area contributed by atoms with Gasteiger partial charge in [0.25, 0.3) is 0 Å². The van der Waals surface area contributed by atoms with Crippen LogP contribution >= 0.6 is 0 Å². The highest BCUT2D eigenvalue weighted by molar-refractivity contribution is 6.40. The van der Waals surface area contributed by atoms with Crippen LogP contribution in [0.2, 0.25) is 0 Å². The van der Waals surface area contributed by atoms with Crippen LogP contribution in [-0.2, 0) is 52.4 Å². The van der Waals surface area contributed by atoms with E-state index in [0.29, 0.717) is 12.0 Å². The molecule has 2 bridgehead atoms. The number of Topliss-reactive ketones (excluding diaryl/α,β-unsaturated/α-hetero) is 2. The summed E-state index contributed by atoms with van der Waals surface area (Å²) >= 11 is 0. The zero-order chi connectivity index (χ0) is 48.8. The zero-order valence-corrected chi connectivity index (χ0v) is 38.6. The Bertz CT molecular complexity index is 2170. The SMILES string of the molecule is CCCCCC(=O)N[C@@H](c1ccccc1)[C@@H](O)C(=O)O[C@H]1C[C@@]2(O)[C@@H](OC(=O)c3ccccc3)C3[C@]4(OC(C)=O)COC4C[C@H](O[C@@H]4OC[C@@H](O)[C@H](O)[C@H]4O)[C@@]3(C)C(=O)C(=O)C(C1C)C2(C)C. The molecule has 18 nitrogen and oxygen atoms in total. The third-order valence-corrected chi connectivity index (χ3v) is 15.2. The molecule has 6 N–H and O–H groups in total. The third kappa shape index (κ3) is 8.84. The Morgan fingerprint density at radius 2 is 1.57 bits per heavy atom. The molecule has 366 valence electrons. The lowest BCUT2D eigenvalue weighted by molar-refractivity contribution is -0.368. The molecule has 5 fully saturated rings. The largest absolute Gasteiger partial charge is 0.460 e. The molecule has 2 aromatic rings. The first-order chi connectivity index (χ1) is 31.6. The van der Waals surface area contributed by atoms with Crippen molar-refractivity contribution in [3.05, 3.63) is 71.8 Å². The van der Waals surface area contributed by atoms with E-state index in [-0.39, 0.29) is 25.0 Å². The smallest absolute Gasteiger partial charge is 0.338 e. The minimum absolute atomic E-state index is 0.0309. The molecular weight excluding hydrogens is 875 g/mol. The van der Waals surface area contributed by atoms with E-state index in [1.165, 1.54) is 32.9 Å². The number of hydrogen-bond acceptors (Lipinski definition) is 17. The monoisotopic (exact) mass is 937 g/mol. The molecule has 0 spiro atoms. The summed E-state index contributed by atoms with van der Waals surface area (Å²) in [4.78, 5) is 86.1. The first-order valence-corrected chi connectivity index (χ1v) is 23.1.